The molecule has 1 fully saturated rings. The molecule has 0 spiro atoms. The first-order chi connectivity index (χ1) is 14.4. The lowest BCUT2D eigenvalue weighted by atomic mass is 9.99. The molecule has 2 atom stereocenters. The topological polar surface area (TPSA) is 91.4 Å². The summed E-state index contributed by atoms with van der Waals surface area (Å²) >= 11 is 5.90. The van der Waals surface area contributed by atoms with Crippen LogP contribution in [0.4, 0.5) is 4.79 Å². The maximum absolute atomic E-state index is 13.2. The molecule has 7 nitrogen and oxygen atoms in total. The van der Waals surface area contributed by atoms with E-state index in [1.165, 1.54) is 16.4 Å². The molecular weight excluding hydrogens is 424 g/mol. The number of piperidine rings is 1. The van der Waals surface area contributed by atoms with Gasteiger partial charge in [-0.25, -0.2) is 13.2 Å². The summed E-state index contributed by atoms with van der Waals surface area (Å²) in [5, 5.41) is 6.14. The van der Waals surface area contributed by atoms with E-state index in [0.717, 1.165) is 18.4 Å². The molecule has 30 heavy (non-hydrogen) atoms. The summed E-state index contributed by atoms with van der Waals surface area (Å²) in [6.07, 6.45) is 6.55. The third-order valence-electron chi connectivity index (χ3n) is 5.29. The number of urea groups is 1. The average Bonchev–Trinajstić information content (AvgIpc) is 2.73. The number of hydrogen-bond acceptors (Lipinski definition) is 4. The number of hydrogen-bond donors (Lipinski definition) is 2. The first-order valence-electron chi connectivity index (χ1n) is 10.1. The lowest BCUT2D eigenvalue weighted by Crippen LogP contribution is -2.54. The second kappa shape index (κ2) is 10.2. The van der Waals surface area contributed by atoms with Crippen molar-refractivity contribution in [1.82, 2.24) is 19.9 Å². The van der Waals surface area contributed by atoms with Crippen LogP contribution < -0.4 is 10.6 Å². The minimum absolute atomic E-state index is 0.138. The van der Waals surface area contributed by atoms with Crippen LogP contribution in [0.1, 0.15) is 31.7 Å². The smallest absolute Gasteiger partial charge is 0.314 e. The molecule has 0 bridgehead atoms. The Kier molecular flexibility index (Phi) is 7.69. The summed E-state index contributed by atoms with van der Waals surface area (Å²) in [5.74, 6) is 0. The van der Waals surface area contributed by atoms with E-state index >= 15 is 0 Å². The Hall–Kier alpha value is -2.16. The molecule has 3 rings (SSSR count). The molecule has 9 heteroatoms. The number of benzene rings is 1. The molecule has 1 aromatic heterocycles. The van der Waals surface area contributed by atoms with Gasteiger partial charge in [-0.2, -0.15) is 4.31 Å². The predicted octanol–water partition coefficient (Wildman–Crippen LogP) is 3.21. The van der Waals surface area contributed by atoms with Crippen molar-refractivity contribution in [3.05, 3.63) is 59.4 Å². The summed E-state index contributed by atoms with van der Waals surface area (Å²) in [5.41, 5.74) is 1.09. The quantitative estimate of drug-likeness (QED) is 0.677. The molecule has 0 saturated carbocycles. The first-order valence-corrected chi connectivity index (χ1v) is 11.9. The minimum Gasteiger partial charge on any atom is -0.338 e. The van der Waals surface area contributed by atoms with Crippen LogP contribution in [0.2, 0.25) is 5.02 Å². The SMILES string of the molecule is C[C@@H]1CCC[C@H](CNC(=O)NCCc2ccncc2)N1S(=O)(=O)c1ccc(Cl)cc1. The van der Waals surface area contributed by atoms with Crippen molar-refractivity contribution in [2.45, 2.75) is 49.6 Å². The predicted molar refractivity (Wildman–Crippen MR) is 117 cm³/mol. The third kappa shape index (κ3) is 5.71. The number of pyridine rings is 1. The molecule has 0 unspecified atom stereocenters. The van der Waals surface area contributed by atoms with E-state index in [1.807, 2.05) is 19.1 Å². The van der Waals surface area contributed by atoms with Gasteiger partial charge in [-0.1, -0.05) is 18.0 Å². The van der Waals surface area contributed by atoms with Gasteiger partial charge in [0.15, 0.2) is 0 Å². The summed E-state index contributed by atoms with van der Waals surface area (Å²) in [6.45, 7) is 2.66. The number of halogens is 1. The van der Waals surface area contributed by atoms with Gasteiger partial charge in [0.05, 0.1) is 4.90 Å². The van der Waals surface area contributed by atoms with Gasteiger partial charge in [0, 0.05) is 42.6 Å². The van der Waals surface area contributed by atoms with E-state index in [0.29, 0.717) is 24.4 Å². The van der Waals surface area contributed by atoms with Crippen LogP contribution in [0, 0.1) is 0 Å². The monoisotopic (exact) mass is 450 g/mol. The number of sulfonamides is 1. The molecule has 1 aliphatic rings. The van der Waals surface area contributed by atoms with Crippen LogP contribution in [-0.4, -0.2) is 48.9 Å². The van der Waals surface area contributed by atoms with Crippen molar-refractivity contribution in [1.29, 1.82) is 0 Å². The second-order valence-electron chi connectivity index (χ2n) is 7.46. The van der Waals surface area contributed by atoms with Crippen LogP contribution in [0.25, 0.3) is 0 Å². The van der Waals surface area contributed by atoms with E-state index in [2.05, 4.69) is 15.6 Å². The number of nitrogens with zero attached hydrogens (tertiary/aromatic N) is 2. The summed E-state index contributed by atoms with van der Waals surface area (Å²) in [7, 11) is -3.68. The van der Waals surface area contributed by atoms with Crippen molar-refractivity contribution in [3.63, 3.8) is 0 Å². The first kappa shape index (κ1) is 22.5. The van der Waals surface area contributed by atoms with Gasteiger partial charge >= 0.3 is 6.03 Å². The molecule has 2 aromatic rings. The Morgan fingerprint density at radius 1 is 1.13 bits per heavy atom. The van der Waals surface area contributed by atoms with E-state index in [9.17, 15) is 13.2 Å². The van der Waals surface area contributed by atoms with Crippen molar-refractivity contribution < 1.29 is 13.2 Å². The summed E-state index contributed by atoms with van der Waals surface area (Å²) in [4.78, 5) is 16.4. The number of rotatable bonds is 7. The lowest BCUT2D eigenvalue weighted by Gasteiger charge is -2.39. The minimum atomic E-state index is -3.68. The molecule has 2 amide bonds. The summed E-state index contributed by atoms with van der Waals surface area (Å²) < 4.78 is 28.0. The normalized spacial score (nSPS) is 19.9. The van der Waals surface area contributed by atoms with Gasteiger partial charge in [0.2, 0.25) is 10.0 Å². The van der Waals surface area contributed by atoms with Crippen LogP contribution in [0.3, 0.4) is 0 Å². The Balaban J connectivity index is 1.59. The Bertz CT molecular complexity index is 938. The molecule has 162 valence electrons. The summed E-state index contributed by atoms with van der Waals surface area (Å²) in [6, 6.07) is 9.28. The number of carbonyl (C=O) groups is 1. The largest absolute Gasteiger partial charge is 0.338 e. The van der Waals surface area contributed by atoms with Crippen LogP contribution in [0.5, 0.6) is 0 Å². The molecule has 1 saturated heterocycles. The molecule has 2 N–H and O–H groups in total. The zero-order valence-electron chi connectivity index (χ0n) is 16.9. The molecule has 1 aliphatic heterocycles. The van der Waals surface area contributed by atoms with Crippen molar-refractivity contribution >= 4 is 27.7 Å². The van der Waals surface area contributed by atoms with Gasteiger partial charge in [0.1, 0.15) is 0 Å². The standard InChI is InChI=1S/C21H27ClN4O3S/c1-16-3-2-4-19(26(16)30(28,29)20-7-5-18(22)6-8-20)15-25-21(27)24-14-11-17-9-12-23-13-10-17/h5-10,12-13,16,19H,2-4,11,14-15H2,1H3,(H2,24,25,27)/t16-,19-/m1/s1. The Morgan fingerprint density at radius 2 is 1.83 bits per heavy atom. The highest BCUT2D eigenvalue weighted by molar-refractivity contribution is 7.89. The fraction of sp³-hybridized carbons (Fsp3) is 0.429. The van der Waals surface area contributed by atoms with E-state index < -0.39 is 10.0 Å². The number of nitrogens with one attached hydrogen (secondary N) is 2. The number of carbonyl (C=O) groups excluding carboxylic acids is 1. The highest BCUT2D eigenvalue weighted by Gasteiger charge is 2.37. The number of amides is 2. The van der Waals surface area contributed by atoms with Crippen molar-refractivity contribution in [3.8, 4) is 0 Å². The molecule has 0 aliphatic carbocycles. The third-order valence-corrected chi connectivity index (χ3v) is 7.62. The fourth-order valence-corrected chi connectivity index (χ4v) is 5.76. The van der Waals surface area contributed by atoms with E-state index in [-0.39, 0.29) is 29.6 Å². The van der Waals surface area contributed by atoms with Crippen molar-refractivity contribution in [2.75, 3.05) is 13.1 Å². The van der Waals surface area contributed by atoms with E-state index in [1.54, 1.807) is 24.5 Å². The van der Waals surface area contributed by atoms with Crippen LogP contribution in [0.15, 0.2) is 53.7 Å². The molecule has 1 aromatic carbocycles. The highest BCUT2D eigenvalue weighted by Crippen LogP contribution is 2.30. The Morgan fingerprint density at radius 3 is 2.53 bits per heavy atom. The van der Waals surface area contributed by atoms with Gasteiger partial charge in [-0.15, -0.1) is 0 Å². The molecule has 2 heterocycles. The second-order valence-corrected chi connectivity index (χ2v) is 9.74. The Labute approximate surface area is 182 Å². The van der Waals surface area contributed by atoms with Gasteiger partial charge in [-0.05, 0) is 68.1 Å². The highest BCUT2D eigenvalue weighted by atomic mass is 35.5. The van der Waals surface area contributed by atoms with E-state index in [4.69, 9.17) is 11.6 Å². The fourth-order valence-electron chi connectivity index (χ4n) is 3.76. The zero-order valence-corrected chi connectivity index (χ0v) is 18.5. The van der Waals surface area contributed by atoms with Crippen LogP contribution in [-0.2, 0) is 16.4 Å². The van der Waals surface area contributed by atoms with Crippen LogP contribution >= 0.6 is 11.6 Å². The number of aromatic nitrogens is 1. The van der Waals surface area contributed by atoms with Gasteiger partial charge < -0.3 is 10.6 Å². The maximum atomic E-state index is 13.2. The average molecular weight is 451 g/mol. The van der Waals surface area contributed by atoms with Gasteiger partial charge in [-0.3, -0.25) is 4.98 Å². The molecular formula is C21H27ClN4O3S. The van der Waals surface area contributed by atoms with Gasteiger partial charge in [0.25, 0.3) is 0 Å². The molecule has 0 radical (unpaired) electrons. The lowest BCUT2D eigenvalue weighted by molar-refractivity contribution is 0.185. The maximum Gasteiger partial charge on any atom is 0.314 e. The zero-order chi connectivity index (χ0) is 21.6. The van der Waals surface area contributed by atoms with Crippen molar-refractivity contribution in [2.24, 2.45) is 0 Å².